The second-order valence-corrected chi connectivity index (χ2v) is 4.81. The van der Waals surface area contributed by atoms with Crippen molar-refractivity contribution >= 4 is 10.9 Å². The summed E-state index contributed by atoms with van der Waals surface area (Å²) in [5.74, 6) is -0.515. The lowest BCUT2D eigenvalue weighted by molar-refractivity contribution is 0.404. The van der Waals surface area contributed by atoms with Crippen LogP contribution < -0.4 is 5.43 Å². The molecule has 2 N–H and O–H groups in total. The fourth-order valence-electron chi connectivity index (χ4n) is 2.36. The third-order valence-electron chi connectivity index (χ3n) is 3.38. The second-order valence-electron chi connectivity index (χ2n) is 4.81. The summed E-state index contributed by atoms with van der Waals surface area (Å²) in [6, 6.07) is 6.50. The Kier molecular flexibility index (Phi) is 2.75. The SMILES string of the molecule is Cn1cc(Cn2cccc2)c(=O)c2cc(O)c(O)cc21. The number of hydrogen-bond acceptors (Lipinski definition) is 3. The molecule has 3 aromatic rings. The highest BCUT2D eigenvalue weighted by Gasteiger charge is 2.11. The zero-order chi connectivity index (χ0) is 14.3. The van der Waals surface area contributed by atoms with Crippen molar-refractivity contribution in [3.8, 4) is 11.5 Å². The quantitative estimate of drug-likeness (QED) is 0.698. The molecule has 0 bridgehead atoms. The van der Waals surface area contributed by atoms with Crippen LogP contribution in [0.25, 0.3) is 10.9 Å². The van der Waals surface area contributed by atoms with E-state index in [4.69, 9.17) is 0 Å². The van der Waals surface area contributed by atoms with Crippen molar-refractivity contribution in [1.82, 2.24) is 9.13 Å². The maximum Gasteiger partial charge on any atom is 0.194 e. The molecule has 0 amide bonds. The van der Waals surface area contributed by atoms with Crippen molar-refractivity contribution in [3.63, 3.8) is 0 Å². The molecule has 0 spiro atoms. The van der Waals surface area contributed by atoms with Gasteiger partial charge in [0, 0.05) is 42.7 Å². The molecule has 20 heavy (non-hydrogen) atoms. The van der Waals surface area contributed by atoms with Crippen molar-refractivity contribution < 1.29 is 10.2 Å². The Morgan fingerprint density at radius 1 is 1.10 bits per heavy atom. The Morgan fingerprint density at radius 3 is 2.45 bits per heavy atom. The minimum Gasteiger partial charge on any atom is -0.504 e. The smallest absolute Gasteiger partial charge is 0.194 e. The first kappa shape index (κ1) is 12.3. The van der Waals surface area contributed by atoms with E-state index in [1.165, 1.54) is 12.1 Å². The van der Waals surface area contributed by atoms with Gasteiger partial charge in [0.2, 0.25) is 0 Å². The maximum absolute atomic E-state index is 12.5. The van der Waals surface area contributed by atoms with Crippen LogP contribution in [0.1, 0.15) is 5.56 Å². The number of nitrogens with zero attached hydrogens (tertiary/aromatic N) is 2. The highest BCUT2D eigenvalue weighted by Crippen LogP contribution is 2.28. The lowest BCUT2D eigenvalue weighted by atomic mass is 10.1. The van der Waals surface area contributed by atoms with E-state index in [9.17, 15) is 15.0 Å². The van der Waals surface area contributed by atoms with Gasteiger partial charge in [-0.1, -0.05) is 0 Å². The molecule has 2 aromatic heterocycles. The number of benzene rings is 1. The molecule has 0 atom stereocenters. The summed E-state index contributed by atoms with van der Waals surface area (Å²) in [6.45, 7) is 0.469. The largest absolute Gasteiger partial charge is 0.504 e. The highest BCUT2D eigenvalue weighted by molar-refractivity contribution is 5.83. The van der Waals surface area contributed by atoms with Gasteiger partial charge >= 0.3 is 0 Å². The van der Waals surface area contributed by atoms with Crippen LogP contribution in [0.3, 0.4) is 0 Å². The van der Waals surface area contributed by atoms with Gasteiger partial charge in [0.25, 0.3) is 0 Å². The maximum atomic E-state index is 12.5. The van der Waals surface area contributed by atoms with Gasteiger partial charge in [0.15, 0.2) is 16.9 Å². The minimum absolute atomic E-state index is 0.137. The number of aromatic nitrogens is 2. The molecule has 102 valence electrons. The van der Waals surface area contributed by atoms with Gasteiger partial charge in [-0.3, -0.25) is 4.79 Å². The summed E-state index contributed by atoms with van der Waals surface area (Å²) in [6.07, 6.45) is 5.52. The summed E-state index contributed by atoms with van der Waals surface area (Å²) in [5.41, 5.74) is 1.07. The van der Waals surface area contributed by atoms with E-state index in [0.717, 1.165) is 0 Å². The van der Waals surface area contributed by atoms with Crippen LogP contribution in [0.5, 0.6) is 11.5 Å². The molecule has 0 radical (unpaired) electrons. The number of pyridine rings is 1. The topological polar surface area (TPSA) is 67.4 Å². The van der Waals surface area contributed by atoms with Crippen LogP contribution in [0.4, 0.5) is 0 Å². The summed E-state index contributed by atoms with van der Waals surface area (Å²) in [7, 11) is 1.80. The Morgan fingerprint density at radius 2 is 1.75 bits per heavy atom. The molecule has 5 nitrogen and oxygen atoms in total. The van der Waals surface area contributed by atoms with E-state index in [2.05, 4.69) is 0 Å². The number of fused-ring (bicyclic) bond motifs is 1. The number of aryl methyl sites for hydroxylation is 1. The molecule has 0 fully saturated rings. The number of rotatable bonds is 2. The Balaban J connectivity index is 2.23. The fraction of sp³-hybridized carbons (Fsp3) is 0.133. The first-order valence-electron chi connectivity index (χ1n) is 6.21. The van der Waals surface area contributed by atoms with E-state index in [0.29, 0.717) is 23.0 Å². The highest BCUT2D eigenvalue weighted by atomic mass is 16.3. The van der Waals surface area contributed by atoms with Crippen molar-refractivity contribution in [2.75, 3.05) is 0 Å². The molecule has 0 aliphatic carbocycles. The van der Waals surface area contributed by atoms with Gasteiger partial charge in [-0.25, -0.2) is 0 Å². The van der Waals surface area contributed by atoms with Crippen LogP contribution in [0, 0.1) is 0 Å². The standard InChI is InChI=1S/C15H14N2O3/c1-16-8-10(9-17-4-2-3-5-17)15(20)11-6-13(18)14(19)7-12(11)16/h2-8,18-19H,9H2,1H3. The van der Waals surface area contributed by atoms with Crippen LogP contribution >= 0.6 is 0 Å². The Hall–Kier alpha value is -2.69. The summed E-state index contributed by atoms with van der Waals surface area (Å²) in [4.78, 5) is 12.5. The lowest BCUT2D eigenvalue weighted by Crippen LogP contribution is -2.15. The van der Waals surface area contributed by atoms with Gasteiger partial charge < -0.3 is 19.3 Å². The average Bonchev–Trinajstić information content (AvgIpc) is 2.91. The predicted molar refractivity (Wildman–Crippen MR) is 76.1 cm³/mol. The molecule has 0 saturated heterocycles. The summed E-state index contributed by atoms with van der Waals surface area (Å²) >= 11 is 0. The number of phenols is 2. The molecule has 2 heterocycles. The second kappa shape index (κ2) is 4.45. The van der Waals surface area contributed by atoms with E-state index in [1.54, 1.807) is 17.8 Å². The van der Waals surface area contributed by atoms with Gasteiger partial charge in [-0.15, -0.1) is 0 Å². The van der Waals surface area contributed by atoms with Crippen LogP contribution in [0.15, 0.2) is 47.7 Å². The molecule has 3 rings (SSSR count). The molecule has 0 aliphatic rings. The van der Waals surface area contributed by atoms with Crippen molar-refractivity contribution in [3.05, 3.63) is 58.6 Å². The molecule has 5 heteroatoms. The van der Waals surface area contributed by atoms with Gasteiger partial charge in [0.05, 0.1) is 12.1 Å². The Labute approximate surface area is 114 Å². The van der Waals surface area contributed by atoms with Crippen molar-refractivity contribution in [2.24, 2.45) is 7.05 Å². The lowest BCUT2D eigenvalue weighted by Gasteiger charge is -2.10. The third-order valence-corrected chi connectivity index (χ3v) is 3.38. The zero-order valence-electron chi connectivity index (χ0n) is 10.9. The van der Waals surface area contributed by atoms with Crippen LogP contribution in [-0.2, 0) is 13.6 Å². The molecule has 0 saturated carbocycles. The van der Waals surface area contributed by atoms with Gasteiger partial charge in [-0.05, 0) is 18.2 Å². The number of phenolic OH excluding ortho intramolecular Hbond substituents is 2. The number of hydrogen-bond donors (Lipinski definition) is 2. The van der Waals surface area contributed by atoms with Gasteiger partial charge in [-0.2, -0.15) is 0 Å². The van der Waals surface area contributed by atoms with E-state index in [-0.39, 0.29) is 16.9 Å². The third kappa shape index (κ3) is 1.93. The predicted octanol–water partition coefficient (Wildman–Crippen LogP) is 1.80. The normalized spacial score (nSPS) is 11.1. The van der Waals surface area contributed by atoms with Gasteiger partial charge in [0.1, 0.15) is 0 Å². The summed E-state index contributed by atoms with van der Waals surface area (Å²) < 4.78 is 3.68. The van der Waals surface area contributed by atoms with Crippen molar-refractivity contribution in [1.29, 1.82) is 0 Å². The molecule has 0 aliphatic heterocycles. The average molecular weight is 270 g/mol. The minimum atomic E-state index is -0.285. The van der Waals surface area contributed by atoms with Crippen LogP contribution in [-0.4, -0.2) is 19.3 Å². The van der Waals surface area contributed by atoms with E-state index >= 15 is 0 Å². The van der Waals surface area contributed by atoms with Crippen molar-refractivity contribution in [2.45, 2.75) is 6.54 Å². The molecular weight excluding hydrogens is 256 g/mol. The first-order valence-corrected chi connectivity index (χ1v) is 6.21. The zero-order valence-corrected chi connectivity index (χ0v) is 10.9. The monoisotopic (exact) mass is 270 g/mol. The fourth-order valence-corrected chi connectivity index (χ4v) is 2.36. The summed E-state index contributed by atoms with van der Waals surface area (Å²) in [5, 5.41) is 19.5. The first-order chi connectivity index (χ1) is 9.56. The van der Waals surface area contributed by atoms with Crippen LogP contribution in [0.2, 0.25) is 0 Å². The number of aromatic hydroxyl groups is 2. The molecule has 0 unspecified atom stereocenters. The van der Waals surface area contributed by atoms with E-state index < -0.39 is 0 Å². The van der Waals surface area contributed by atoms with E-state index in [1.807, 2.05) is 29.1 Å². The Bertz CT molecular complexity index is 832. The molecular formula is C15H14N2O3. The molecule has 1 aromatic carbocycles.